The van der Waals surface area contributed by atoms with E-state index >= 15 is 0 Å². The van der Waals surface area contributed by atoms with Gasteiger partial charge in [0, 0.05) is 12.1 Å². The minimum Gasteiger partial charge on any atom is -0.352 e. The molecule has 2 N–H and O–H groups in total. The van der Waals surface area contributed by atoms with Crippen LogP contribution in [-0.2, 0) is 4.79 Å². The van der Waals surface area contributed by atoms with Gasteiger partial charge < -0.3 is 10.6 Å². The Morgan fingerprint density at radius 2 is 1.78 bits per heavy atom. The molecule has 3 nitrogen and oxygen atoms in total. The summed E-state index contributed by atoms with van der Waals surface area (Å²) < 4.78 is 0. The van der Waals surface area contributed by atoms with Crippen LogP contribution in [0.3, 0.4) is 0 Å². The lowest BCUT2D eigenvalue weighted by atomic mass is 10.1. The minimum atomic E-state index is 0.0754. The fraction of sp³-hybridized carbons (Fsp3) is 0.533. The molecule has 0 aromatic heterocycles. The number of benzene rings is 1. The van der Waals surface area contributed by atoms with Gasteiger partial charge in [0.2, 0.25) is 5.91 Å². The van der Waals surface area contributed by atoms with Gasteiger partial charge in [0.1, 0.15) is 0 Å². The number of amides is 1. The van der Waals surface area contributed by atoms with Crippen molar-refractivity contribution in [3.05, 3.63) is 35.9 Å². The highest BCUT2D eigenvalue weighted by molar-refractivity contribution is 5.78. The van der Waals surface area contributed by atoms with E-state index in [0.717, 1.165) is 12.8 Å². The lowest BCUT2D eigenvalue weighted by Crippen LogP contribution is -2.40. The second-order valence-corrected chi connectivity index (χ2v) is 4.59. The van der Waals surface area contributed by atoms with E-state index < -0.39 is 0 Å². The van der Waals surface area contributed by atoms with E-state index in [1.807, 2.05) is 18.2 Å². The van der Waals surface area contributed by atoms with E-state index in [1.165, 1.54) is 5.56 Å². The van der Waals surface area contributed by atoms with Crippen molar-refractivity contribution in [1.82, 2.24) is 10.6 Å². The molecule has 0 aliphatic carbocycles. The molecule has 18 heavy (non-hydrogen) atoms. The fourth-order valence-corrected chi connectivity index (χ4v) is 1.88. The Hall–Kier alpha value is -1.35. The van der Waals surface area contributed by atoms with Crippen LogP contribution in [-0.4, -0.2) is 18.5 Å². The molecule has 0 heterocycles. The van der Waals surface area contributed by atoms with Gasteiger partial charge in [-0.2, -0.15) is 0 Å². The monoisotopic (exact) mass is 248 g/mol. The number of carbonyl (C=O) groups is 1. The molecule has 0 aliphatic rings. The predicted molar refractivity (Wildman–Crippen MR) is 75.4 cm³/mol. The van der Waals surface area contributed by atoms with Crippen LogP contribution in [0, 0.1) is 0 Å². The maximum atomic E-state index is 11.7. The Morgan fingerprint density at radius 3 is 2.33 bits per heavy atom. The van der Waals surface area contributed by atoms with Gasteiger partial charge in [-0.25, -0.2) is 0 Å². The van der Waals surface area contributed by atoms with E-state index in [0.29, 0.717) is 12.6 Å². The Morgan fingerprint density at radius 1 is 1.17 bits per heavy atom. The highest BCUT2D eigenvalue weighted by Crippen LogP contribution is 2.10. The van der Waals surface area contributed by atoms with Crippen molar-refractivity contribution in [3.63, 3.8) is 0 Å². The molecule has 0 radical (unpaired) electrons. The highest BCUT2D eigenvalue weighted by Gasteiger charge is 2.10. The number of carbonyl (C=O) groups excluding carboxylic acids is 1. The Kier molecular flexibility index (Phi) is 6.44. The van der Waals surface area contributed by atoms with E-state index in [1.54, 1.807) is 0 Å². The standard InChI is InChI=1S/C15H24N2O/c1-4-14(5-2)17-15(18)11-16-12(3)13-9-7-6-8-10-13/h6-10,12,14,16H,4-5,11H2,1-3H3,(H,17,18). The molecule has 0 fully saturated rings. The molecule has 1 aromatic carbocycles. The number of hydrogen-bond donors (Lipinski definition) is 2. The van der Waals surface area contributed by atoms with Crippen LogP contribution in [0.15, 0.2) is 30.3 Å². The first-order chi connectivity index (χ1) is 8.67. The summed E-state index contributed by atoms with van der Waals surface area (Å²) in [4.78, 5) is 11.7. The van der Waals surface area contributed by atoms with E-state index in [-0.39, 0.29) is 11.9 Å². The number of rotatable bonds is 7. The molecule has 0 saturated carbocycles. The molecule has 0 aliphatic heterocycles. The smallest absolute Gasteiger partial charge is 0.234 e. The molecule has 0 saturated heterocycles. The maximum absolute atomic E-state index is 11.7. The molecule has 1 amide bonds. The van der Waals surface area contributed by atoms with Gasteiger partial charge in [0.05, 0.1) is 6.54 Å². The second-order valence-electron chi connectivity index (χ2n) is 4.59. The van der Waals surface area contributed by atoms with Crippen LogP contribution in [0.4, 0.5) is 0 Å². The van der Waals surface area contributed by atoms with Gasteiger partial charge in [-0.1, -0.05) is 44.2 Å². The molecule has 100 valence electrons. The van der Waals surface area contributed by atoms with Crippen molar-refractivity contribution < 1.29 is 4.79 Å². The molecule has 1 atom stereocenters. The normalized spacial score (nSPS) is 12.4. The average Bonchev–Trinajstić information content (AvgIpc) is 2.43. The lowest BCUT2D eigenvalue weighted by Gasteiger charge is -2.17. The summed E-state index contributed by atoms with van der Waals surface area (Å²) in [5.74, 6) is 0.0754. The van der Waals surface area contributed by atoms with Crippen molar-refractivity contribution in [2.75, 3.05) is 6.54 Å². The Balaban J connectivity index is 2.34. The average molecular weight is 248 g/mol. The SMILES string of the molecule is CCC(CC)NC(=O)CNC(C)c1ccccc1. The van der Waals surface area contributed by atoms with Crippen molar-refractivity contribution in [3.8, 4) is 0 Å². The van der Waals surface area contributed by atoms with Crippen LogP contribution in [0.1, 0.15) is 45.2 Å². The largest absolute Gasteiger partial charge is 0.352 e. The third kappa shape index (κ3) is 4.88. The van der Waals surface area contributed by atoms with Gasteiger partial charge >= 0.3 is 0 Å². The molecule has 0 spiro atoms. The number of hydrogen-bond acceptors (Lipinski definition) is 2. The zero-order valence-corrected chi connectivity index (χ0v) is 11.6. The van der Waals surface area contributed by atoms with Gasteiger partial charge in [-0.3, -0.25) is 4.79 Å². The van der Waals surface area contributed by atoms with Crippen molar-refractivity contribution in [2.45, 2.75) is 45.7 Å². The summed E-state index contributed by atoms with van der Waals surface area (Å²) in [5.41, 5.74) is 1.20. The van der Waals surface area contributed by atoms with Gasteiger partial charge in [-0.15, -0.1) is 0 Å². The lowest BCUT2D eigenvalue weighted by molar-refractivity contribution is -0.121. The summed E-state index contributed by atoms with van der Waals surface area (Å²) in [6.07, 6.45) is 1.97. The van der Waals surface area contributed by atoms with Crippen molar-refractivity contribution in [1.29, 1.82) is 0 Å². The van der Waals surface area contributed by atoms with E-state index in [4.69, 9.17) is 0 Å². The van der Waals surface area contributed by atoms with Gasteiger partial charge in [0.25, 0.3) is 0 Å². The van der Waals surface area contributed by atoms with Crippen LogP contribution in [0.25, 0.3) is 0 Å². The van der Waals surface area contributed by atoms with Crippen molar-refractivity contribution >= 4 is 5.91 Å². The predicted octanol–water partition coefficient (Wildman–Crippen LogP) is 2.64. The van der Waals surface area contributed by atoms with Gasteiger partial charge in [-0.05, 0) is 25.3 Å². The molecule has 0 bridgehead atoms. The molecule has 1 unspecified atom stereocenters. The van der Waals surface area contributed by atoms with Gasteiger partial charge in [0.15, 0.2) is 0 Å². The first kappa shape index (κ1) is 14.7. The number of nitrogens with one attached hydrogen (secondary N) is 2. The Labute approximate surface area is 110 Å². The first-order valence-corrected chi connectivity index (χ1v) is 6.75. The second kappa shape index (κ2) is 7.88. The summed E-state index contributed by atoms with van der Waals surface area (Å²) in [7, 11) is 0. The fourth-order valence-electron chi connectivity index (χ4n) is 1.88. The molecule has 1 rings (SSSR count). The molecular weight excluding hydrogens is 224 g/mol. The highest BCUT2D eigenvalue weighted by atomic mass is 16.1. The van der Waals surface area contributed by atoms with Crippen LogP contribution >= 0.6 is 0 Å². The van der Waals surface area contributed by atoms with Crippen LogP contribution in [0.5, 0.6) is 0 Å². The summed E-state index contributed by atoms with van der Waals surface area (Å²) in [6.45, 7) is 6.62. The summed E-state index contributed by atoms with van der Waals surface area (Å²) >= 11 is 0. The van der Waals surface area contributed by atoms with E-state index in [9.17, 15) is 4.79 Å². The Bertz CT molecular complexity index is 347. The van der Waals surface area contributed by atoms with E-state index in [2.05, 4.69) is 43.5 Å². The van der Waals surface area contributed by atoms with Crippen LogP contribution in [0.2, 0.25) is 0 Å². The van der Waals surface area contributed by atoms with Crippen LogP contribution < -0.4 is 10.6 Å². The zero-order chi connectivity index (χ0) is 13.4. The molecular formula is C15H24N2O. The zero-order valence-electron chi connectivity index (χ0n) is 11.6. The summed E-state index contributed by atoms with van der Waals surface area (Å²) in [6, 6.07) is 10.6. The molecule has 3 heteroatoms. The minimum absolute atomic E-state index is 0.0754. The summed E-state index contributed by atoms with van der Waals surface area (Å²) in [5, 5.41) is 6.26. The molecule has 1 aromatic rings. The first-order valence-electron chi connectivity index (χ1n) is 6.75. The van der Waals surface area contributed by atoms with Crippen molar-refractivity contribution in [2.24, 2.45) is 0 Å². The third-order valence-corrected chi connectivity index (χ3v) is 3.22. The topological polar surface area (TPSA) is 41.1 Å². The maximum Gasteiger partial charge on any atom is 0.234 e. The third-order valence-electron chi connectivity index (χ3n) is 3.22. The quantitative estimate of drug-likeness (QED) is 0.779.